The molecule has 1 aliphatic rings. The highest BCUT2D eigenvalue weighted by molar-refractivity contribution is 5.80. The molecule has 0 aromatic rings. The van der Waals surface area contributed by atoms with Gasteiger partial charge in [-0.1, -0.05) is 11.8 Å². The minimum Gasteiger partial charge on any atom is -0.348 e. The second kappa shape index (κ2) is 4.07. The number of rotatable bonds is 2. The van der Waals surface area contributed by atoms with Crippen LogP contribution in [0, 0.1) is 0 Å². The van der Waals surface area contributed by atoms with Crippen molar-refractivity contribution < 1.29 is 9.63 Å². The van der Waals surface area contributed by atoms with E-state index in [0.29, 0.717) is 6.54 Å². The van der Waals surface area contributed by atoms with Crippen molar-refractivity contribution in [3.8, 4) is 0 Å². The fourth-order valence-electron chi connectivity index (χ4n) is 0.725. The fraction of sp³-hybridized carbons (Fsp3) is 0.500. The number of hydrazine groups is 2. The predicted octanol–water partition coefficient (Wildman–Crippen LogP) is -0.655. The molecule has 0 aliphatic carbocycles. The molecule has 0 aromatic heterocycles. The van der Waals surface area contributed by atoms with Crippen LogP contribution in [0.15, 0.2) is 12.7 Å². The molecule has 0 unspecified atom stereocenters. The summed E-state index contributed by atoms with van der Waals surface area (Å²) in [7, 11) is 0. The first kappa shape index (κ1) is 8.19. The van der Waals surface area contributed by atoms with Gasteiger partial charge in [0.1, 0.15) is 0 Å². The molecular formula is C6H11N3O2. The molecule has 0 amide bonds. The van der Waals surface area contributed by atoms with E-state index >= 15 is 0 Å². The predicted molar refractivity (Wildman–Crippen MR) is 38.8 cm³/mol. The van der Waals surface area contributed by atoms with E-state index in [1.807, 2.05) is 0 Å². The van der Waals surface area contributed by atoms with Gasteiger partial charge >= 0.3 is 5.97 Å². The number of hydrogen-bond acceptors (Lipinski definition) is 5. The molecule has 11 heavy (non-hydrogen) atoms. The summed E-state index contributed by atoms with van der Waals surface area (Å²) in [6.45, 7) is 4.84. The van der Waals surface area contributed by atoms with Gasteiger partial charge in [0.15, 0.2) is 0 Å². The summed E-state index contributed by atoms with van der Waals surface area (Å²) >= 11 is 0. The normalized spacial score (nSPS) is 19.3. The van der Waals surface area contributed by atoms with Crippen LogP contribution in [0.25, 0.3) is 0 Å². The largest absolute Gasteiger partial charge is 0.350 e. The quantitative estimate of drug-likeness (QED) is 0.521. The van der Waals surface area contributed by atoms with Gasteiger partial charge < -0.3 is 4.84 Å². The van der Waals surface area contributed by atoms with E-state index in [0.717, 1.165) is 19.0 Å². The van der Waals surface area contributed by atoms with Crippen LogP contribution in [0.5, 0.6) is 0 Å². The van der Waals surface area contributed by atoms with Gasteiger partial charge in [-0.05, 0) is 6.42 Å². The molecule has 0 saturated carbocycles. The highest BCUT2D eigenvalue weighted by atomic mass is 16.7. The van der Waals surface area contributed by atoms with Crippen LogP contribution in [0.4, 0.5) is 0 Å². The standard InChI is InChI=1S/C6H11N3O2/c1-2-6(10)11-9-5-3-4-7-8-9/h2,7-8H,1,3-5H2. The smallest absolute Gasteiger partial charge is 0.348 e. The summed E-state index contributed by atoms with van der Waals surface area (Å²) in [6, 6.07) is 0. The molecule has 0 radical (unpaired) electrons. The summed E-state index contributed by atoms with van der Waals surface area (Å²) in [5.74, 6) is -0.457. The highest BCUT2D eigenvalue weighted by Gasteiger charge is 2.11. The van der Waals surface area contributed by atoms with E-state index in [2.05, 4.69) is 17.5 Å². The van der Waals surface area contributed by atoms with Gasteiger partial charge in [0.2, 0.25) is 0 Å². The van der Waals surface area contributed by atoms with Crippen LogP contribution < -0.4 is 11.0 Å². The van der Waals surface area contributed by atoms with E-state index in [1.165, 1.54) is 5.17 Å². The molecule has 0 bridgehead atoms. The van der Waals surface area contributed by atoms with Crippen molar-refractivity contribution in [2.75, 3.05) is 13.1 Å². The van der Waals surface area contributed by atoms with Crippen molar-refractivity contribution in [2.45, 2.75) is 6.42 Å². The molecule has 5 heteroatoms. The van der Waals surface area contributed by atoms with Crippen LogP contribution in [0.2, 0.25) is 0 Å². The van der Waals surface area contributed by atoms with Crippen LogP contribution in [-0.4, -0.2) is 24.2 Å². The zero-order valence-corrected chi connectivity index (χ0v) is 6.17. The van der Waals surface area contributed by atoms with E-state index in [9.17, 15) is 4.79 Å². The average molecular weight is 157 g/mol. The molecule has 1 aliphatic heterocycles. The number of hydrogen-bond donors (Lipinski definition) is 2. The van der Waals surface area contributed by atoms with Gasteiger partial charge in [-0.3, -0.25) is 0 Å². The second-order valence-corrected chi connectivity index (χ2v) is 2.11. The van der Waals surface area contributed by atoms with Gasteiger partial charge in [-0.15, -0.1) is 0 Å². The van der Waals surface area contributed by atoms with E-state index in [4.69, 9.17) is 4.84 Å². The molecule has 0 atom stereocenters. The average Bonchev–Trinajstić information content (AvgIpc) is 2.06. The fourth-order valence-corrected chi connectivity index (χ4v) is 0.725. The van der Waals surface area contributed by atoms with Crippen molar-refractivity contribution >= 4 is 5.97 Å². The Balaban J connectivity index is 2.24. The number of carbonyl (C=O) groups is 1. The van der Waals surface area contributed by atoms with Gasteiger partial charge in [-0.25, -0.2) is 10.2 Å². The lowest BCUT2D eigenvalue weighted by Crippen LogP contribution is -2.52. The van der Waals surface area contributed by atoms with Gasteiger partial charge in [0.05, 0.1) is 6.54 Å². The molecule has 0 aromatic carbocycles. The second-order valence-electron chi connectivity index (χ2n) is 2.11. The van der Waals surface area contributed by atoms with Crippen LogP contribution >= 0.6 is 0 Å². The lowest BCUT2D eigenvalue weighted by Gasteiger charge is -2.25. The first-order chi connectivity index (χ1) is 5.33. The maximum atomic E-state index is 10.6. The molecule has 0 spiro atoms. The molecule has 1 saturated heterocycles. The van der Waals surface area contributed by atoms with Crippen LogP contribution in [-0.2, 0) is 9.63 Å². The Kier molecular flexibility index (Phi) is 3.03. The molecular weight excluding hydrogens is 146 g/mol. The van der Waals surface area contributed by atoms with Gasteiger partial charge in [0, 0.05) is 12.6 Å². The first-order valence-corrected chi connectivity index (χ1v) is 3.43. The van der Waals surface area contributed by atoms with E-state index in [-0.39, 0.29) is 0 Å². The molecule has 62 valence electrons. The maximum Gasteiger partial charge on any atom is 0.350 e. The Bertz CT molecular complexity index is 154. The Morgan fingerprint density at radius 1 is 1.73 bits per heavy atom. The minimum atomic E-state index is -0.457. The van der Waals surface area contributed by atoms with Crippen molar-refractivity contribution in [1.29, 1.82) is 0 Å². The third kappa shape index (κ3) is 2.67. The Labute approximate surface area is 64.9 Å². The molecule has 5 nitrogen and oxygen atoms in total. The van der Waals surface area contributed by atoms with Crippen molar-refractivity contribution in [1.82, 2.24) is 16.1 Å². The highest BCUT2D eigenvalue weighted by Crippen LogP contribution is 1.92. The van der Waals surface area contributed by atoms with E-state index in [1.54, 1.807) is 0 Å². The van der Waals surface area contributed by atoms with Gasteiger partial charge in [-0.2, -0.15) is 5.53 Å². The number of nitrogens with zero attached hydrogens (tertiary/aromatic N) is 1. The summed E-state index contributed by atoms with van der Waals surface area (Å²) in [5.41, 5.74) is 5.51. The Hall–Kier alpha value is -0.910. The SMILES string of the molecule is C=CC(=O)ON1CCCNN1. The lowest BCUT2D eigenvalue weighted by atomic mass is 10.4. The molecule has 1 heterocycles. The first-order valence-electron chi connectivity index (χ1n) is 3.43. The van der Waals surface area contributed by atoms with Crippen LogP contribution in [0.1, 0.15) is 6.42 Å². The number of hydroxylamine groups is 1. The van der Waals surface area contributed by atoms with Gasteiger partial charge in [0.25, 0.3) is 0 Å². The number of carbonyl (C=O) groups excluding carboxylic acids is 1. The monoisotopic (exact) mass is 157 g/mol. The molecule has 2 N–H and O–H groups in total. The van der Waals surface area contributed by atoms with Crippen LogP contribution in [0.3, 0.4) is 0 Å². The van der Waals surface area contributed by atoms with Crippen molar-refractivity contribution in [3.63, 3.8) is 0 Å². The molecule has 1 rings (SSSR count). The molecule has 1 fully saturated rings. The maximum absolute atomic E-state index is 10.6. The van der Waals surface area contributed by atoms with E-state index < -0.39 is 5.97 Å². The zero-order chi connectivity index (χ0) is 8.10. The third-order valence-corrected chi connectivity index (χ3v) is 1.23. The number of nitrogens with one attached hydrogen (secondary N) is 2. The summed E-state index contributed by atoms with van der Waals surface area (Å²) < 4.78 is 0. The summed E-state index contributed by atoms with van der Waals surface area (Å²) in [5, 5.41) is 1.34. The Morgan fingerprint density at radius 3 is 3.09 bits per heavy atom. The third-order valence-electron chi connectivity index (χ3n) is 1.23. The summed E-state index contributed by atoms with van der Waals surface area (Å²) in [6.07, 6.45) is 2.06. The summed E-state index contributed by atoms with van der Waals surface area (Å²) in [4.78, 5) is 15.4. The topological polar surface area (TPSA) is 53.6 Å². The minimum absolute atomic E-state index is 0.457. The Morgan fingerprint density at radius 2 is 2.55 bits per heavy atom. The van der Waals surface area contributed by atoms with Crippen molar-refractivity contribution in [2.24, 2.45) is 0 Å². The van der Waals surface area contributed by atoms with Crippen molar-refractivity contribution in [3.05, 3.63) is 12.7 Å². The zero-order valence-electron chi connectivity index (χ0n) is 6.17. The lowest BCUT2D eigenvalue weighted by molar-refractivity contribution is -0.212.